The Bertz CT molecular complexity index is 1190. The Morgan fingerprint density at radius 1 is 0.800 bits per heavy atom. The lowest BCUT2D eigenvalue weighted by Gasteiger charge is -2.02. The third kappa shape index (κ3) is 2.18. The summed E-state index contributed by atoms with van der Waals surface area (Å²) in [6, 6.07) is 26.2. The maximum atomic E-state index is 3.62. The Kier molecular flexibility index (Phi) is 3.17. The van der Waals surface area contributed by atoms with Gasteiger partial charge in [-0.25, -0.2) is 0 Å². The fourth-order valence-electron chi connectivity index (χ4n) is 4.06. The van der Waals surface area contributed by atoms with Crippen LogP contribution < -0.4 is 0 Å². The molecule has 2 nitrogen and oxygen atoms in total. The molecule has 5 rings (SSSR count). The van der Waals surface area contributed by atoms with Gasteiger partial charge in [0.15, 0.2) is 0 Å². The number of aromatic amines is 1. The monoisotopic (exact) mass is 324 g/mol. The maximum absolute atomic E-state index is 3.62. The molecule has 1 N–H and O–H groups in total. The van der Waals surface area contributed by atoms with E-state index in [0.717, 1.165) is 13.0 Å². The molecule has 0 bridgehead atoms. The van der Waals surface area contributed by atoms with E-state index in [1.165, 1.54) is 44.0 Å². The highest BCUT2D eigenvalue weighted by Crippen LogP contribution is 2.35. The predicted molar refractivity (Wildman–Crippen MR) is 106 cm³/mol. The van der Waals surface area contributed by atoms with Gasteiger partial charge in [-0.3, -0.25) is 0 Å². The van der Waals surface area contributed by atoms with Crippen molar-refractivity contribution in [3.63, 3.8) is 0 Å². The van der Waals surface area contributed by atoms with Gasteiger partial charge < -0.3 is 9.55 Å². The maximum Gasteiger partial charge on any atom is 0.0498 e. The van der Waals surface area contributed by atoms with E-state index in [9.17, 15) is 0 Å². The highest BCUT2D eigenvalue weighted by molar-refractivity contribution is 6.20. The van der Waals surface area contributed by atoms with E-state index < -0.39 is 0 Å². The van der Waals surface area contributed by atoms with Crippen LogP contribution in [-0.4, -0.2) is 9.55 Å². The van der Waals surface area contributed by atoms with Gasteiger partial charge in [-0.15, -0.1) is 0 Å². The van der Waals surface area contributed by atoms with Gasteiger partial charge in [-0.2, -0.15) is 0 Å². The first kappa shape index (κ1) is 14.4. The number of nitrogens with one attached hydrogen (secondary N) is 1. The Labute approximate surface area is 146 Å². The van der Waals surface area contributed by atoms with Gasteiger partial charge in [0.1, 0.15) is 0 Å². The first-order valence-corrected chi connectivity index (χ1v) is 8.90. The van der Waals surface area contributed by atoms with Crippen LogP contribution in [-0.2, 0) is 13.0 Å². The zero-order chi connectivity index (χ0) is 16.8. The van der Waals surface area contributed by atoms with Gasteiger partial charge in [0.2, 0.25) is 0 Å². The Hall–Kier alpha value is -3.00. The zero-order valence-corrected chi connectivity index (χ0v) is 14.3. The molecule has 0 unspecified atom stereocenters. The van der Waals surface area contributed by atoms with E-state index in [-0.39, 0.29) is 0 Å². The van der Waals surface area contributed by atoms with E-state index in [1.807, 2.05) is 0 Å². The minimum absolute atomic E-state index is 0.934. The van der Waals surface area contributed by atoms with Crippen molar-refractivity contribution in [3.05, 3.63) is 84.1 Å². The van der Waals surface area contributed by atoms with Gasteiger partial charge >= 0.3 is 0 Å². The van der Waals surface area contributed by atoms with Crippen molar-refractivity contribution < 1.29 is 0 Å². The van der Waals surface area contributed by atoms with Crippen molar-refractivity contribution >= 4 is 32.7 Å². The first-order valence-electron chi connectivity index (χ1n) is 8.90. The van der Waals surface area contributed by atoms with E-state index >= 15 is 0 Å². The smallest absolute Gasteiger partial charge is 0.0498 e. The standard InChI is InChI=1S/C23H20N2/c1-2-25-21-11-7-6-10-18(21)23-19-15-17(14-16-8-4-3-5-9-16)24-20(19)12-13-22(23)25/h3-13,15,24H,2,14H2,1H3. The van der Waals surface area contributed by atoms with Crippen LogP contribution in [0, 0.1) is 0 Å². The quantitative estimate of drug-likeness (QED) is 0.427. The fourth-order valence-corrected chi connectivity index (χ4v) is 4.06. The highest BCUT2D eigenvalue weighted by atomic mass is 15.0. The second kappa shape index (κ2) is 5.52. The van der Waals surface area contributed by atoms with Crippen molar-refractivity contribution in [2.75, 3.05) is 0 Å². The molecular formula is C23H20N2. The second-order valence-corrected chi connectivity index (χ2v) is 6.64. The second-order valence-electron chi connectivity index (χ2n) is 6.64. The van der Waals surface area contributed by atoms with Crippen LogP contribution in [0.5, 0.6) is 0 Å². The minimum atomic E-state index is 0.934. The largest absolute Gasteiger partial charge is 0.358 e. The number of aryl methyl sites for hydroxylation is 1. The van der Waals surface area contributed by atoms with Crippen LogP contribution in [0.2, 0.25) is 0 Å². The summed E-state index contributed by atoms with van der Waals surface area (Å²) in [6.45, 7) is 3.20. The molecule has 0 aliphatic heterocycles. The number of rotatable bonds is 3. The summed E-state index contributed by atoms with van der Waals surface area (Å²) >= 11 is 0. The number of fused-ring (bicyclic) bond motifs is 5. The van der Waals surface area contributed by atoms with Crippen molar-refractivity contribution in [2.24, 2.45) is 0 Å². The summed E-state index contributed by atoms with van der Waals surface area (Å²) in [5, 5.41) is 4.03. The van der Waals surface area contributed by atoms with E-state index in [0.29, 0.717) is 0 Å². The van der Waals surface area contributed by atoms with E-state index in [1.54, 1.807) is 0 Å². The summed E-state index contributed by atoms with van der Waals surface area (Å²) in [5.41, 5.74) is 6.46. The molecule has 0 aliphatic rings. The Morgan fingerprint density at radius 3 is 2.44 bits per heavy atom. The van der Waals surface area contributed by atoms with E-state index in [4.69, 9.17) is 0 Å². The van der Waals surface area contributed by atoms with Crippen LogP contribution in [0.4, 0.5) is 0 Å². The van der Waals surface area contributed by atoms with Crippen LogP contribution >= 0.6 is 0 Å². The zero-order valence-electron chi connectivity index (χ0n) is 14.3. The topological polar surface area (TPSA) is 20.7 Å². The van der Waals surface area contributed by atoms with Gasteiger partial charge in [0, 0.05) is 51.4 Å². The normalized spacial score (nSPS) is 11.7. The number of para-hydroxylation sites is 1. The van der Waals surface area contributed by atoms with Crippen molar-refractivity contribution in [1.82, 2.24) is 9.55 Å². The third-order valence-corrected chi connectivity index (χ3v) is 5.15. The van der Waals surface area contributed by atoms with Crippen molar-refractivity contribution in [2.45, 2.75) is 19.9 Å². The molecule has 0 aliphatic carbocycles. The molecule has 122 valence electrons. The summed E-state index contributed by atoms with van der Waals surface area (Å²) in [6.07, 6.45) is 0.934. The number of nitrogens with zero attached hydrogens (tertiary/aromatic N) is 1. The lowest BCUT2D eigenvalue weighted by molar-refractivity contribution is 0.827. The van der Waals surface area contributed by atoms with Crippen molar-refractivity contribution in [1.29, 1.82) is 0 Å². The molecule has 2 heterocycles. The summed E-state index contributed by atoms with van der Waals surface area (Å²) in [4.78, 5) is 3.62. The highest BCUT2D eigenvalue weighted by Gasteiger charge is 2.13. The molecule has 3 aromatic carbocycles. The SMILES string of the molecule is CCn1c2ccccc2c2c3cc(Cc4ccccc4)[nH]c3ccc21. The number of H-pyrrole nitrogens is 1. The number of hydrogen-bond donors (Lipinski definition) is 1. The average molecular weight is 324 g/mol. The molecule has 5 aromatic rings. The number of benzene rings is 3. The lowest BCUT2D eigenvalue weighted by Crippen LogP contribution is -1.92. The van der Waals surface area contributed by atoms with Gasteiger partial charge in [0.05, 0.1) is 0 Å². The molecule has 2 heteroatoms. The third-order valence-electron chi connectivity index (χ3n) is 5.15. The van der Waals surface area contributed by atoms with Crippen molar-refractivity contribution in [3.8, 4) is 0 Å². The molecule has 0 spiro atoms. The van der Waals surface area contributed by atoms with Crippen LogP contribution in [0.15, 0.2) is 72.8 Å². The van der Waals surface area contributed by atoms with Crippen LogP contribution in [0.1, 0.15) is 18.2 Å². The molecule has 25 heavy (non-hydrogen) atoms. The predicted octanol–water partition coefficient (Wildman–Crippen LogP) is 5.89. The fraction of sp³-hybridized carbons (Fsp3) is 0.130. The number of aromatic nitrogens is 2. The van der Waals surface area contributed by atoms with Crippen LogP contribution in [0.3, 0.4) is 0 Å². The Morgan fingerprint density at radius 2 is 1.60 bits per heavy atom. The molecule has 0 saturated heterocycles. The number of hydrogen-bond acceptors (Lipinski definition) is 0. The molecule has 0 amide bonds. The average Bonchev–Trinajstić information content (AvgIpc) is 3.20. The van der Waals surface area contributed by atoms with Gasteiger partial charge in [0.25, 0.3) is 0 Å². The van der Waals surface area contributed by atoms with E-state index in [2.05, 4.69) is 89.3 Å². The molecule has 0 radical (unpaired) electrons. The first-order chi connectivity index (χ1) is 12.3. The lowest BCUT2D eigenvalue weighted by atomic mass is 10.1. The molecular weight excluding hydrogens is 304 g/mol. The van der Waals surface area contributed by atoms with Gasteiger partial charge in [-0.05, 0) is 36.8 Å². The molecule has 0 fully saturated rings. The van der Waals surface area contributed by atoms with Crippen LogP contribution in [0.25, 0.3) is 32.7 Å². The molecule has 2 aromatic heterocycles. The molecule has 0 saturated carbocycles. The Balaban J connectivity index is 1.77. The summed E-state index contributed by atoms with van der Waals surface area (Å²) in [5.74, 6) is 0. The summed E-state index contributed by atoms with van der Waals surface area (Å²) < 4.78 is 2.41. The molecule has 0 atom stereocenters. The summed E-state index contributed by atoms with van der Waals surface area (Å²) in [7, 11) is 0. The van der Waals surface area contributed by atoms with Gasteiger partial charge in [-0.1, -0.05) is 48.5 Å². The minimum Gasteiger partial charge on any atom is -0.358 e.